The van der Waals surface area contributed by atoms with Gasteiger partial charge in [0.05, 0.1) is 5.97 Å². The summed E-state index contributed by atoms with van der Waals surface area (Å²) in [5.74, 6) is 0.0387. The molecule has 4 heteroatoms. The molecular weight excluding hydrogens is 336 g/mol. The molecule has 2 aromatic rings. The molecule has 148 valence electrons. The van der Waals surface area contributed by atoms with E-state index in [1.807, 2.05) is 35.2 Å². The first-order chi connectivity index (χ1) is 13.2. The number of carbonyl (C=O) groups excluding carboxylic acids is 1. The van der Waals surface area contributed by atoms with E-state index in [4.69, 9.17) is 0 Å². The first kappa shape index (κ1) is 21.2. The van der Waals surface area contributed by atoms with Crippen molar-refractivity contribution in [3.05, 3.63) is 54.1 Å². The van der Waals surface area contributed by atoms with Crippen molar-refractivity contribution in [1.29, 1.82) is 0 Å². The first-order valence-electron chi connectivity index (χ1n) is 10.5. The number of hydrogen-bond donors (Lipinski definition) is 0. The highest BCUT2D eigenvalue weighted by molar-refractivity contribution is 5.64. The van der Waals surface area contributed by atoms with Crippen LogP contribution in [0.1, 0.15) is 76.1 Å². The third-order valence-corrected chi connectivity index (χ3v) is 5.09. The Hall–Kier alpha value is -2.10. The van der Waals surface area contributed by atoms with E-state index in [2.05, 4.69) is 23.6 Å². The van der Waals surface area contributed by atoms with Crippen molar-refractivity contribution in [2.24, 2.45) is 0 Å². The monoisotopic (exact) mass is 370 g/mol. The SMILES string of the molecule is CCCCCCCCCCCc1n(CC(=O)[O-])cc[n+]1Cc1ccccc1. The summed E-state index contributed by atoms with van der Waals surface area (Å²) in [6.07, 6.45) is 16.4. The Morgan fingerprint density at radius 1 is 0.963 bits per heavy atom. The normalized spacial score (nSPS) is 11.0. The number of hydrogen-bond acceptors (Lipinski definition) is 2. The van der Waals surface area contributed by atoms with Crippen LogP contribution in [-0.2, 0) is 24.3 Å². The van der Waals surface area contributed by atoms with Gasteiger partial charge in [-0.15, -0.1) is 0 Å². The lowest BCUT2D eigenvalue weighted by Crippen LogP contribution is -2.39. The molecule has 0 spiro atoms. The maximum Gasteiger partial charge on any atom is 0.257 e. The number of aromatic nitrogens is 2. The first-order valence-corrected chi connectivity index (χ1v) is 10.5. The predicted octanol–water partition coefficient (Wildman–Crippen LogP) is 3.65. The van der Waals surface area contributed by atoms with Gasteiger partial charge in [0.15, 0.2) is 0 Å². The van der Waals surface area contributed by atoms with E-state index < -0.39 is 5.97 Å². The van der Waals surface area contributed by atoms with Crippen LogP contribution in [0.2, 0.25) is 0 Å². The number of carbonyl (C=O) groups is 1. The molecule has 2 rings (SSSR count). The van der Waals surface area contributed by atoms with Crippen LogP contribution in [-0.4, -0.2) is 10.5 Å². The zero-order valence-corrected chi connectivity index (χ0v) is 16.7. The van der Waals surface area contributed by atoms with Crippen LogP contribution < -0.4 is 9.67 Å². The summed E-state index contributed by atoms with van der Waals surface area (Å²) >= 11 is 0. The molecule has 0 aliphatic heterocycles. The number of carboxylic acids is 1. The third kappa shape index (κ3) is 7.98. The van der Waals surface area contributed by atoms with Crippen LogP contribution in [0.4, 0.5) is 0 Å². The van der Waals surface area contributed by atoms with E-state index in [-0.39, 0.29) is 6.54 Å². The van der Waals surface area contributed by atoms with Crippen LogP contribution in [0.3, 0.4) is 0 Å². The Kier molecular flexibility index (Phi) is 9.67. The quantitative estimate of drug-likeness (QED) is 0.376. The van der Waals surface area contributed by atoms with Gasteiger partial charge >= 0.3 is 0 Å². The van der Waals surface area contributed by atoms with Crippen molar-refractivity contribution in [3.8, 4) is 0 Å². The highest BCUT2D eigenvalue weighted by Crippen LogP contribution is 2.11. The lowest BCUT2D eigenvalue weighted by atomic mass is 10.1. The highest BCUT2D eigenvalue weighted by atomic mass is 16.4. The smallest absolute Gasteiger partial charge is 0.257 e. The molecule has 1 aromatic heterocycles. The van der Waals surface area contributed by atoms with Crippen molar-refractivity contribution < 1.29 is 14.5 Å². The van der Waals surface area contributed by atoms with Gasteiger partial charge in [-0.2, -0.15) is 0 Å². The van der Waals surface area contributed by atoms with Crippen molar-refractivity contribution in [2.75, 3.05) is 0 Å². The Balaban J connectivity index is 1.83. The van der Waals surface area contributed by atoms with E-state index in [0.29, 0.717) is 0 Å². The van der Waals surface area contributed by atoms with Gasteiger partial charge < -0.3 is 9.90 Å². The molecule has 0 fully saturated rings. The molecular formula is C23H34N2O2. The summed E-state index contributed by atoms with van der Waals surface area (Å²) in [5.41, 5.74) is 1.22. The van der Waals surface area contributed by atoms with Crippen molar-refractivity contribution in [2.45, 2.75) is 84.2 Å². The predicted molar refractivity (Wildman–Crippen MR) is 106 cm³/mol. The maximum absolute atomic E-state index is 11.1. The third-order valence-electron chi connectivity index (χ3n) is 5.09. The fraction of sp³-hybridized carbons (Fsp3) is 0.565. The molecule has 0 N–H and O–H groups in total. The van der Waals surface area contributed by atoms with Gasteiger partial charge in [0, 0.05) is 6.42 Å². The zero-order chi connectivity index (χ0) is 19.3. The van der Waals surface area contributed by atoms with E-state index >= 15 is 0 Å². The summed E-state index contributed by atoms with van der Waals surface area (Å²) < 4.78 is 3.99. The van der Waals surface area contributed by atoms with Gasteiger partial charge in [0.25, 0.3) is 5.82 Å². The number of imidazole rings is 1. The molecule has 27 heavy (non-hydrogen) atoms. The van der Waals surface area contributed by atoms with Crippen molar-refractivity contribution in [3.63, 3.8) is 0 Å². The largest absolute Gasteiger partial charge is 0.546 e. The number of unbranched alkanes of at least 4 members (excludes halogenated alkanes) is 8. The van der Waals surface area contributed by atoms with E-state index in [9.17, 15) is 9.90 Å². The van der Waals surface area contributed by atoms with Gasteiger partial charge in [-0.05, 0) is 12.0 Å². The van der Waals surface area contributed by atoms with E-state index in [1.54, 1.807) is 0 Å². The molecule has 0 amide bonds. The maximum atomic E-state index is 11.1. The van der Waals surface area contributed by atoms with Crippen molar-refractivity contribution >= 4 is 5.97 Å². The van der Waals surface area contributed by atoms with Gasteiger partial charge in [-0.25, -0.2) is 9.13 Å². The van der Waals surface area contributed by atoms with E-state index in [1.165, 1.54) is 56.9 Å². The number of nitrogens with zero attached hydrogens (tertiary/aromatic N) is 2. The van der Waals surface area contributed by atoms with Gasteiger partial charge in [-0.3, -0.25) is 0 Å². The summed E-state index contributed by atoms with van der Waals surface area (Å²) in [6, 6.07) is 10.3. The molecule has 0 radical (unpaired) electrons. The fourth-order valence-electron chi connectivity index (χ4n) is 3.59. The Morgan fingerprint density at radius 2 is 1.59 bits per heavy atom. The summed E-state index contributed by atoms with van der Waals surface area (Å²) in [6.45, 7) is 2.95. The minimum Gasteiger partial charge on any atom is -0.546 e. The summed E-state index contributed by atoms with van der Waals surface area (Å²) in [4.78, 5) is 11.1. The molecule has 0 saturated carbocycles. The van der Waals surface area contributed by atoms with Crippen LogP contribution in [0.5, 0.6) is 0 Å². The van der Waals surface area contributed by atoms with Crippen LogP contribution in [0.25, 0.3) is 0 Å². The number of benzene rings is 1. The average Bonchev–Trinajstić information content (AvgIpc) is 3.02. The summed E-state index contributed by atoms with van der Waals surface area (Å²) in [7, 11) is 0. The molecule has 0 aliphatic carbocycles. The zero-order valence-electron chi connectivity index (χ0n) is 16.7. The molecule has 0 aliphatic rings. The molecule has 0 unspecified atom stereocenters. The van der Waals surface area contributed by atoms with Crippen LogP contribution in [0, 0.1) is 0 Å². The number of rotatable bonds is 14. The summed E-state index contributed by atoms with van der Waals surface area (Å²) in [5, 5.41) is 11.1. The standard InChI is InChI=1S/C23H34N2O2/c1-2-3-4-5-6-7-8-9-13-16-22-24(17-18-25(22)20-23(26)27)19-21-14-11-10-12-15-21/h10-12,14-15,17-18H,2-9,13,16,19-20H2,1H3. The highest BCUT2D eigenvalue weighted by Gasteiger charge is 2.17. The lowest BCUT2D eigenvalue weighted by molar-refractivity contribution is -0.695. The van der Waals surface area contributed by atoms with Gasteiger partial charge in [0.2, 0.25) is 0 Å². The lowest BCUT2D eigenvalue weighted by Gasteiger charge is -2.07. The molecule has 1 aromatic carbocycles. The Bertz CT molecular complexity index is 664. The minimum atomic E-state index is -1.04. The second-order valence-electron chi connectivity index (χ2n) is 7.41. The Labute approximate surface area is 163 Å². The van der Waals surface area contributed by atoms with Gasteiger partial charge in [-0.1, -0.05) is 88.6 Å². The van der Waals surface area contributed by atoms with Crippen LogP contribution in [0.15, 0.2) is 42.7 Å². The number of carboxylic acid groups (broad SMARTS) is 1. The number of aliphatic carboxylic acids is 1. The van der Waals surface area contributed by atoms with Crippen molar-refractivity contribution in [1.82, 2.24) is 4.57 Å². The minimum absolute atomic E-state index is 0.0748. The Morgan fingerprint density at radius 3 is 2.22 bits per heavy atom. The molecule has 1 heterocycles. The fourth-order valence-corrected chi connectivity index (χ4v) is 3.59. The van der Waals surface area contributed by atoms with E-state index in [0.717, 1.165) is 25.2 Å². The van der Waals surface area contributed by atoms with Crippen LogP contribution >= 0.6 is 0 Å². The molecule has 4 nitrogen and oxygen atoms in total. The topological polar surface area (TPSA) is 48.9 Å². The molecule has 0 atom stereocenters. The van der Waals surface area contributed by atoms with Gasteiger partial charge in [0.1, 0.15) is 25.5 Å². The second kappa shape index (κ2) is 12.3. The molecule has 0 bridgehead atoms. The average molecular weight is 371 g/mol. The molecule has 0 saturated heterocycles. The second-order valence-corrected chi connectivity index (χ2v) is 7.41.